The topological polar surface area (TPSA) is 95.5 Å². The molecule has 0 radical (unpaired) electrons. The average Bonchev–Trinajstić information content (AvgIpc) is 2.60. The first kappa shape index (κ1) is 18.6. The van der Waals surface area contributed by atoms with Gasteiger partial charge in [-0.1, -0.05) is 30.3 Å². The molecule has 1 heterocycles. The maximum absolute atomic E-state index is 12.5. The van der Waals surface area contributed by atoms with Gasteiger partial charge in [-0.25, -0.2) is 13.1 Å². The standard InChI is InChI=1S/C19H22N2O4S/c1-19(2,23)15-6-3-13(4-7-15)12-21-26(24,25)16-8-5-14-9-10-20-18(22)17(14)11-16/h3-8,11,21,23H,9-10,12H2,1-2H3,(H,20,22). The van der Waals surface area contributed by atoms with E-state index in [0.29, 0.717) is 18.5 Å². The van der Waals surface area contributed by atoms with Crippen molar-refractivity contribution in [2.24, 2.45) is 0 Å². The second kappa shape index (κ2) is 6.83. The Kier molecular flexibility index (Phi) is 4.88. The van der Waals surface area contributed by atoms with E-state index in [2.05, 4.69) is 10.0 Å². The summed E-state index contributed by atoms with van der Waals surface area (Å²) in [7, 11) is -3.73. The van der Waals surface area contributed by atoms with Crippen LogP contribution in [0.2, 0.25) is 0 Å². The second-order valence-electron chi connectivity index (χ2n) is 6.91. The van der Waals surface area contributed by atoms with Crippen molar-refractivity contribution in [3.63, 3.8) is 0 Å². The lowest BCUT2D eigenvalue weighted by atomic mass is 9.97. The number of nitrogens with one attached hydrogen (secondary N) is 2. The number of benzene rings is 2. The fourth-order valence-electron chi connectivity index (χ4n) is 2.85. The van der Waals surface area contributed by atoms with Crippen LogP contribution in [-0.2, 0) is 28.6 Å². The lowest BCUT2D eigenvalue weighted by molar-refractivity contribution is 0.0785. The van der Waals surface area contributed by atoms with Crippen LogP contribution in [0.5, 0.6) is 0 Å². The number of carbonyl (C=O) groups is 1. The van der Waals surface area contributed by atoms with Gasteiger partial charge in [-0.3, -0.25) is 4.79 Å². The van der Waals surface area contributed by atoms with Crippen molar-refractivity contribution in [2.45, 2.75) is 37.3 Å². The third kappa shape index (κ3) is 3.95. The molecule has 3 rings (SSSR count). The Balaban J connectivity index is 1.75. The molecule has 1 aliphatic rings. The molecule has 0 spiro atoms. The summed E-state index contributed by atoms with van der Waals surface area (Å²) in [6.45, 7) is 4.07. The second-order valence-corrected chi connectivity index (χ2v) is 8.67. The lowest BCUT2D eigenvalue weighted by Crippen LogP contribution is -2.32. The van der Waals surface area contributed by atoms with Crippen LogP contribution in [0.4, 0.5) is 0 Å². The van der Waals surface area contributed by atoms with Gasteiger partial charge in [-0.15, -0.1) is 0 Å². The summed E-state index contributed by atoms with van der Waals surface area (Å²) in [5.41, 5.74) is 1.85. The summed E-state index contributed by atoms with van der Waals surface area (Å²) in [6, 6.07) is 11.7. The molecule has 0 bridgehead atoms. The molecule has 2 aromatic carbocycles. The number of hydrogen-bond donors (Lipinski definition) is 3. The Bertz CT molecular complexity index is 929. The normalized spacial score (nSPS) is 14.7. The molecule has 3 N–H and O–H groups in total. The molecule has 0 aromatic heterocycles. The zero-order valence-corrected chi connectivity index (χ0v) is 15.6. The van der Waals surface area contributed by atoms with Crippen molar-refractivity contribution in [3.05, 3.63) is 64.7 Å². The van der Waals surface area contributed by atoms with Crippen LogP contribution in [0, 0.1) is 0 Å². The molecule has 1 amide bonds. The van der Waals surface area contributed by atoms with Crippen molar-refractivity contribution < 1.29 is 18.3 Å². The van der Waals surface area contributed by atoms with Crippen molar-refractivity contribution in [2.75, 3.05) is 6.54 Å². The van der Waals surface area contributed by atoms with E-state index in [1.54, 1.807) is 44.2 Å². The quantitative estimate of drug-likeness (QED) is 0.742. The molecule has 6 nitrogen and oxygen atoms in total. The molecule has 2 aromatic rings. The van der Waals surface area contributed by atoms with Gasteiger partial charge in [-0.2, -0.15) is 0 Å². The van der Waals surface area contributed by atoms with E-state index in [1.165, 1.54) is 12.1 Å². The summed E-state index contributed by atoms with van der Waals surface area (Å²) >= 11 is 0. The number of amides is 1. The average molecular weight is 374 g/mol. The van der Waals surface area contributed by atoms with E-state index in [0.717, 1.165) is 16.7 Å². The highest BCUT2D eigenvalue weighted by molar-refractivity contribution is 7.89. The molecule has 0 saturated heterocycles. The first-order chi connectivity index (χ1) is 12.2. The van der Waals surface area contributed by atoms with E-state index in [1.807, 2.05) is 0 Å². The number of sulfonamides is 1. The maximum Gasteiger partial charge on any atom is 0.251 e. The highest BCUT2D eigenvalue weighted by Crippen LogP contribution is 2.21. The molecule has 0 unspecified atom stereocenters. The van der Waals surface area contributed by atoms with Crippen LogP contribution in [0.25, 0.3) is 0 Å². The summed E-state index contributed by atoms with van der Waals surface area (Å²) in [5, 5.41) is 12.7. The highest BCUT2D eigenvalue weighted by Gasteiger charge is 2.21. The summed E-state index contributed by atoms with van der Waals surface area (Å²) < 4.78 is 27.6. The molecule has 0 saturated carbocycles. The molecule has 7 heteroatoms. The van der Waals surface area contributed by atoms with E-state index in [4.69, 9.17) is 0 Å². The Morgan fingerprint density at radius 2 is 1.85 bits per heavy atom. The lowest BCUT2D eigenvalue weighted by Gasteiger charge is -2.18. The molecule has 0 aliphatic carbocycles. The van der Waals surface area contributed by atoms with Gasteiger partial charge in [0.1, 0.15) is 0 Å². The van der Waals surface area contributed by atoms with E-state index >= 15 is 0 Å². The smallest absolute Gasteiger partial charge is 0.251 e. The zero-order chi connectivity index (χ0) is 18.9. The first-order valence-corrected chi connectivity index (χ1v) is 9.88. The van der Waals surface area contributed by atoms with E-state index in [-0.39, 0.29) is 17.3 Å². The van der Waals surface area contributed by atoms with Gasteiger partial charge in [0.2, 0.25) is 10.0 Å². The number of fused-ring (bicyclic) bond motifs is 1. The van der Waals surface area contributed by atoms with Crippen LogP contribution in [-0.4, -0.2) is 26.0 Å². The molecule has 138 valence electrons. The third-order valence-corrected chi connectivity index (χ3v) is 5.84. The van der Waals surface area contributed by atoms with Crippen molar-refractivity contribution in [1.82, 2.24) is 10.0 Å². The van der Waals surface area contributed by atoms with Gasteiger partial charge in [-0.05, 0) is 49.1 Å². The summed E-state index contributed by atoms with van der Waals surface area (Å²) in [6.07, 6.45) is 0.697. The maximum atomic E-state index is 12.5. The minimum absolute atomic E-state index is 0.0708. The number of hydrogen-bond acceptors (Lipinski definition) is 4. The van der Waals surface area contributed by atoms with Crippen LogP contribution in [0.3, 0.4) is 0 Å². The summed E-state index contributed by atoms with van der Waals surface area (Å²) in [4.78, 5) is 12.0. The monoisotopic (exact) mass is 374 g/mol. The Labute approximate surface area is 153 Å². The van der Waals surface area contributed by atoms with Crippen LogP contribution >= 0.6 is 0 Å². The molecule has 0 atom stereocenters. The highest BCUT2D eigenvalue weighted by atomic mass is 32.2. The minimum Gasteiger partial charge on any atom is -0.386 e. The Morgan fingerprint density at radius 1 is 1.15 bits per heavy atom. The van der Waals surface area contributed by atoms with E-state index in [9.17, 15) is 18.3 Å². The van der Waals surface area contributed by atoms with Gasteiger partial charge in [0, 0.05) is 18.7 Å². The van der Waals surface area contributed by atoms with Crippen molar-refractivity contribution >= 4 is 15.9 Å². The van der Waals surface area contributed by atoms with Crippen LogP contribution < -0.4 is 10.0 Å². The molecule has 0 fully saturated rings. The number of rotatable bonds is 5. The molecule has 1 aliphatic heterocycles. The number of carbonyl (C=O) groups excluding carboxylic acids is 1. The minimum atomic E-state index is -3.73. The first-order valence-electron chi connectivity index (χ1n) is 8.39. The predicted octanol–water partition coefficient (Wildman–Crippen LogP) is 1.68. The fraction of sp³-hybridized carbons (Fsp3) is 0.316. The fourth-order valence-corrected chi connectivity index (χ4v) is 3.89. The molecular weight excluding hydrogens is 352 g/mol. The predicted molar refractivity (Wildman–Crippen MR) is 98.2 cm³/mol. The SMILES string of the molecule is CC(C)(O)c1ccc(CNS(=O)(=O)c2ccc3c(c2)C(=O)NCC3)cc1. The third-order valence-electron chi connectivity index (χ3n) is 4.44. The summed E-state index contributed by atoms with van der Waals surface area (Å²) in [5.74, 6) is -0.245. The Morgan fingerprint density at radius 3 is 2.50 bits per heavy atom. The Hall–Kier alpha value is -2.22. The van der Waals surface area contributed by atoms with Gasteiger partial charge in [0.15, 0.2) is 0 Å². The van der Waals surface area contributed by atoms with E-state index < -0.39 is 15.6 Å². The van der Waals surface area contributed by atoms with Crippen molar-refractivity contribution in [3.8, 4) is 0 Å². The molecular formula is C19H22N2O4S. The van der Waals surface area contributed by atoms with Crippen molar-refractivity contribution in [1.29, 1.82) is 0 Å². The van der Waals surface area contributed by atoms with Crippen LogP contribution in [0.15, 0.2) is 47.4 Å². The van der Waals surface area contributed by atoms with Gasteiger partial charge in [0.25, 0.3) is 5.91 Å². The largest absolute Gasteiger partial charge is 0.386 e. The van der Waals surface area contributed by atoms with Gasteiger partial charge in [0.05, 0.1) is 10.5 Å². The number of aliphatic hydroxyl groups is 1. The van der Waals surface area contributed by atoms with Gasteiger partial charge >= 0.3 is 0 Å². The van der Waals surface area contributed by atoms with Crippen LogP contribution in [0.1, 0.15) is 40.9 Å². The molecule has 26 heavy (non-hydrogen) atoms. The zero-order valence-electron chi connectivity index (χ0n) is 14.7. The van der Waals surface area contributed by atoms with Gasteiger partial charge < -0.3 is 10.4 Å².